The number of rotatable bonds is 2. The van der Waals surface area contributed by atoms with Gasteiger partial charge in [-0.15, -0.1) is 0 Å². The second-order valence-corrected chi connectivity index (χ2v) is 7.10. The highest BCUT2D eigenvalue weighted by atomic mass is 16.1. The number of fused-ring (bicyclic) bond motifs is 1. The van der Waals surface area contributed by atoms with Crippen molar-refractivity contribution in [3.63, 3.8) is 0 Å². The molecule has 0 aliphatic heterocycles. The van der Waals surface area contributed by atoms with Crippen molar-refractivity contribution in [1.29, 1.82) is 0 Å². The first-order chi connectivity index (χ1) is 12.0. The zero-order valence-electron chi connectivity index (χ0n) is 14.9. The van der Waals surface area contributed by atoms with E-state index in [0.717, 1.165) is 29.1 Å². The Labute approximate surface area is 148 Å². The third-order valence-corrected chi connectivity index (χ3v) is 5.10. The van der Waals surface area contributed by atoms with E-state index in [0.29, 0.717) is 6.42 Å². The number of benzene rings is 2. The van der Waals surface area contributed by atoms with Gasteiger partial charge < -0.3 is 0 Å². The first kappa shape index (κ1) is 15.8. The minimum Gasteiger partial charge on any atom is -0.294 e. The quantitative estimate of drug-likeness (QED) is 0.682. The summed E-state index contributed by atoms with van der Waals surface area (Å²) in [5, 5.41) is 4.69. The van der Waals surface area contributed by atoms with E-state index < -0.39 is 0 Å². The van der Waals surface area contributed by atoms with Gasteiger partial charge in [0.2, 0.25) is 0 Å². The molecule has 1 atom stereocenters. The molecule has 0 bridgehead atoms. The summed E-state index contributed by atoms with van der Waals surface area (Å²) in [5.74, 6) is 0.434. The van der Waals surface area contributed by atoms with Gasteiger partial charge in [0.25, 0.3) is 0 Å². The molecule has 4 rings (SSSR count). The van der Waals surface area contributed by atoms with Crippen LogP contribution in [0, 0.1) is 20.8 Å². The van der Waals surface area contributed by atoms with E-state index >= 15 is 0 Å². The van der Waals surface area contributed by atoms with E-state index in [2.05, 4.69) is 56.3 Å². The molecular weight excluding hydrogens is 308 g/mol. The number of aromatic nitrogens is 2. The smallest absolute Gasteiger partial charge is 0.167 e. The molecule has 0 unspecified atom stereocenters. The maximum absolute atomic E-state index is 12.8. The van der Waals surface area contributed by atoms with Crippen LogP contribution < -0.4 is 0 Å². The standard InChI is InChI=1S/C22H22N2O/c1-14-7-9-17(10-8-14)18-12-20-22(21(25)13-18)16(3)23-24(20)19-6-4-5-15(2)11-19/h4-11,18H,12-13H2,1-3H3/t18-/m1/s1. The first-order valence-electron chi connectivity index (χ1n) is 8.78. The predicted molar refractivity (Wildman–Crippen MR) is 99.6 cm³/mol. The Hall–Kier alpha value is -2.68. The van der Waals surface area contributed by atoms with Crippen molar-refractivity contribution in [3.05, 3.63) is 82.2 Å². The van der Waals surface area contributed by atoms with Gasteiger partial charge in [-0.1, -0.05) is 42.0 Å². The lowest BCUT2D eigenvalue weighted by molar-refractivity contribution is 0.0963. The number of ketones is 1. The van der Waals surface area contributed by atoms with Crippen LogP contribution in [0.1, 0.15) is 50.8 Å². The van der Waals surface area contributed by atoms with Crippen LogP contribution in [0.2, 0.25) is 0 Å². The molecule has 1 aromatic heterocycles. The third-order valence-electron chi connectivity index (χ3n) is 5.10. The number of nitrogens with zero attached hydrogens (tertiary/aromatic N) is 2. The summed E-state index contributed by atoms with van der Waals surface area (Å²) in [6, 6.07) is 16.8. The predicted octanol–water partition coefficient (Wildman–Crippen LogP) is 4.71. The highest BCUT2D eigenvalue weighted by Gasteiger charge is 2.32. The number of carbonyl (C=O) groups excluding carboxylic acids is 1. The Kier molecular flexibility index (Phi) is 3.79. The molecular formula is C22H22N2O. The van der Waals surface area contributed by atoms with Gasteiger partial charge >= 0.3 is 0 Å². The number of hydrogen-bond acceptors (Lipinski definition) is 2. The Morgan fingerprint density at radius 2 is 1.72 bits per heavy atom. The summed E-state index contributed by atoms with van der Waals surface area (Å²) in [4.78, 5) is 12.8. The van der Waals surface area contributed by atoms with Crippen LogP contribution in [-0.4, -0.2) is 15.6 Å². The van der Waals surface area contributed by atoms with Gasteiger partial charge in [-0.25, -0.2) is 4.68 Å². The van der Waals surface area contributed by atoms with Gasteiger partial charge in [-0.2, -0.15) is 5.10 Å². The van der Waals surface area contributed by atoms with E-state index in [1.165, 1.54) is 16.7 Å². The van der Waals surface area contributed by atoms with Crippen LogP contribution in [0.3, 0.4) is 0 Å². The molecule has 25 heavy (non-hydrogen) atoms. The Morgan fingerprint density at radius 1 is 0.960 bits per heavy atom. The molecule has 0 saturated heterocycles. The topological polar surface area (TPSA) is 34.9 Å². The van der Waals surface area contributed by atoms with Crippen molar-refractivity contribution in [3.8, 4) is 5.69 Å². The van der Waals surface area contributed by atoms with E-state index in [1.54, 1.807) is 0 Å². The zero-order chi connectivity index (χ0) is 17.6. The molecule has 1 heterocycles. The molecule has 126 valence electrons. The van der Waals surface area contributed by atoms with Gasteiger partial charge in [0.1, 0.15) is 0 Å². The summed E-state index contributed by atoms with van der Waals surface area (Å²) in [7, 11) is 0. The largest absolute Gasteiger partial charge is 0.294 e. The average Bonchev–Trinajstić information content (AvgIpc) is 2.93. The van der Waals surface area contributed by atoms with Crippen LogP contribution in [0.4, 0.5) is 0 Å². The van der Waals surface area contributed by atoms with E-state index in [9.17, 15) is 4.79 Å². The zero-order valence-corrected chi connectivity index (χ0v) is 14.9. The lowest BCUT2D eigenvalue weighted by atomic mass is 9.81. The summed E-state index contributed by atoms with van der Waals surface area (Å²) in [5.41, 5.74) is 7.41. The normalized spacial score (nSPS) is 16.8. The van der Waals surface area contributed by atoms with Gasteiger partial charge in [0.15, 0.2) is 5.78 Å². The van der Waals surface area contributed by atoms with Crippen molar-refractivity contribution in [2.24, 2.45) is 0 Å². The van der Waals surface area contributed by atoms with Crippen LogP contribution >= 0.6 is 0 Å². The van der Waals surface area contributed by atoms with Crippen molar-refractivity contribution in [1.82, 2.24) is 9.78 Å². The number of aryl methyl sites for hydroxylation is 3. The molecule has 3 nitrogen and oxygen atoms in total. The van der Waals surface area contributed by atoms with Crippen molar-refractivity contribution < 1.29 is 4.79 Å². The highest BCUT2D eigenvalue weighted by Crippen LogP contribution is 2.35. The highest BCUT2D eigenvalue weighted by molar-refractivity contribution is 6.00. The van der Waals surface area contributed by atoms with Crippen molar-refractivity contribution >= 4 is 5.78 Å². The molecule has 0 N–H and O–H groups in total. The van der Waals surface area contributed by atoms with Crippen molar-refractivity contribution in [2.75, 3.05) is 0 Å². The van der Waals surface area contributed by atoms with Crippen molar-refractivity contribution in [2.45, 2.75) is 39.5 Å². The number of hydrogen-bond donors (Lipinski definition) is 0. The second kappa shape index (κ2) is 5.99. The fourth-order valence-corrected chi connectivity index (χ4v) is 3.81. The van der Waals surface area contributed by atoms with Gasteiger partial charge in [-0.3, -0.25) is 4.79 Å². The number of carbonyl (C=O) groups is 1. The molecule has 2 aromatic carbocycles. The molecule has 0 fully saturated rings. The van der Waals surface area contributed by atoms with Gasteiger partial charge in [0, 0.05) is 6.42 Å². The molecule has 0 amide bonds. The van der Waals surface area contributed by atoms with Crippen LogP contribution in [0.15, 0.2) is 48.5 Å². The minimum absolute atomic E-state index is 0.211. The average molecular weight is 330 g/mol. The molecule has 3 aromatic rings. The first-order valence-corrected chi connectivity index (χ1v) is 8.78. The summed E-state index contributed by atoms with van der Waals surface area (Å²) < 4.78 is 1.97. The molecule has 0 spiro atoms. The summed E-state index contributed by atoms with van der Waals surface area (Å²) in [6.45, 7) is 6.10. The molecule has 0 saturated carbocycles. The molecule has 1 aliphatic carbocycles. The van der Waals surface area contributed by atoms with Crippen LogP contribution in [0.5, 0.6) is 0 Å². The Balaban J connectivity index is 1.79. The Morgan fingerprint density at radius 3 is 2.44 bits per heavy atom. The van der Waals surface area contributed by atoms with Crippen LogP contribution in [0.25, 0.3) is 5.69 Å². The van der Waals surface area contributed by atoms with Crippen LogP contribution in [-0.2, 0) is 6.42 Å². The maximum atomic E-state index is 12.8. The summed E-state index contributed by atoms with van der Waals surface area (Å²) >= 11 is 0. The minimum atomic E-state index is 0.211. The SMILES string of the molecule is Cc1ccc([C@H]2CC(=O)c3c(C)nn(-c4cccc(C)c4)c3C2)cc1. The fourth-order valence-electron chi connectivity index (χ4n) is 3.81. The Bertz CT molecular complexity index is 951. The van der Waals surface area contributed by atoms with E-state index in [1.807, 2.05) is 17.7 Å². The lowest BCUT2D eigenvalue weighted by Crippen LogP contribution is -2.20. The lowest BCUT2D eigenvalue weighted by Gasteiger charge is -2.23. The number of Topliss-reactive ketones (excluding diaryl/α,β-unsaturated/α-hetero) is 1. The van der Waals surface area contributed by atoms with E-state index in [-0.39, 0.29) is 11.7 Å². The van der Waals surface area contributed by atoms with E-state index in [4.69, 9.17) is 5.10 Å². The fraction of sp³-hybridized carbons (Fsp3) is 0.273. The second-order valence-electron chi connectivity index (χ2n) is 7.10. The monoisotopic (exact) mass is 330 g/mol. The summed E-state index contributed by atoms with van der Waals surface area (Å²) in [6.07, 6.45) is 1.41. The van der Waals surface area contributed by atoms with Gasteiger partial charge in [-0.05, 0) is 56.4 Å². The molecule has 3 heteroatoms. The molecule has 1 aliphatic rings. The third kappa shape index (κ3) is 2.80. The van der Waals surface area contributed by atoms with Gasteiger partial charge in [0.05, 0.1) is 22.6 Å². The maximum Gasteiger partial charge on any atom is 0.167 e. The molecule has 0 radical (unpaired) electrons.